The Kier molecular flexibility index (Phi) is 6.00. The van der Waals surface area contributed by atoms with Gasteiger partial charge in [0.05, 0.1) is 24.4 Å². The summed E-state index contributed by atoms with van der Waals surface area (Å²) in [6, 6.07) is 13.7. The third-order valence-corrected chi connectivity index (χ3v) is 6.74. The number of ether oxygens (including phenoxy) is 1. The van der Waals surface area contributed by atoms with Crippen molar-refractivity contribution < 1.29 is 9.53 Å². The average molecular weight is 455 g/mol. The highest BCUT2D eigenvalue weighted by Gasteiger charge is 2.21. The van der Waals surface area contributed by atoms with Crippen molar-refractivity contribution in [2.24, 2.45) is 0 Å². The second-order valence-corrected chi connectivity index (χ2v) is 8.77. The van der Waals surface area contributed by atoms with Crippen molar-refractivity contribution in [3.63, 3.8) is 0 Å². The molecular weight excluding hydrogens is 432 g/mol. The van der Waals surface area contributed by atoms with Crippen molar-refractivity contribution in [1.82, 2.24) is 20.4 Å². The van der Waals surface area contributed by atoms with Gasteiger partial charge in [0.15, 0.2) is 0 Å². The fourth-order valence-electron chi connectivity index (χ4n) is 3.43. The lowest BCUT2D eigenvalue weighted by Crippen LogP contribution is -2.40. The number of aromatic amines is 1. The summed E-state index contributed by atoms with van der Waals surface area (Å²) in [6.07, 6.45) is 1.92. The van der Waals surface area contributed by atoms with Gasteiger partial charge in [0.1, 0.15) is 15.6 Å². The molecule has 2 aromatic carbocycles. The second-order valence-electron chi connectivity index (χ2n) is 7.33. The molecule has 1 atom stereocenters. The van der Waals surface area contributed by atoms with Gasteiger partial charge >= 0.3 is 0 Å². The van der Waals surface area contributed by atoms with E-state index in [0.29, 0.717) is 26.4 Å². The molecule has 0 saturated carbocycles. The summed E-state index contributed by atoms with van der Waals surface area (Å²) in [5.74, 6) is 0.436. The molecule has 0 fully saturated rings. The highest BCUT2D eigenvalue weighted by atomic mass is 35.5. The molecule has 0 aliphatic heterocycles. The Morgan fingerprint density at radius 2 is 2.06 bits per heavy atom. The van der Waals surface area contributed by atoms with E-state index in [9.17, 15) is 4.79 Å². The third kappa shape index (κ3) is 4.30. The molecule has 1 unspecified atom stereocenters. The van der Waals surface area contributed by atoms with E-state index >= 15 is 0 Å². The molecule has 160 valence electrons. The molecule has 8 heteroatoms. The van der Waals surface area contributed by atoms with Crippen LogP contribution in [0.4, 0.5) is 0 Å². The van der Waals surface area contributed by atoms with Crippen LogP contribution < -0.4 is 10.2 Å². The molecule has 2 N–H and O–H groups in total. The van der Waals surface area contributed by atoms with E-state index in [1.54, 1.807) is 19.2 Å². The molecule has 2 aromatic heterocycles. The summed E-state index contributed by atoms with van der Waals surface area (Å²) < 4.78 is 5.43. The van der Waals surface area contributed by atoms with Crippen LogP contribution in [0, 0.1) is 6.92 Å². The number of nitrogens with one attached hydrogen (secondary N) is 2. The number of H-pyrrole nitrogens is 1. The lowest BCUT2D eigenvalue weighted by Gasteiger charge is -2.25. The van der Waals surface area contributed by atoms with Gasteiger partial charge in [0.25, 0.3) is 5.91 Å². The van der Waals surface area contributed by atoms with Crippen LogP contribution in [0.15, 0.2) is 48.7 Å². The van der Waals surface area contributed by atoms with Crippen molar-refractivity contribution >= 4 is 39.7 Å². The normalized spacial score (nSPS) is 12.3. The molecule has 0 spiro atoms. The van der Waals surface area contributed by atoms with Crippen LogP contribution in [0.1, 0.15) is 33.9 Å². The fourth-order valence-corrected chi connectivity index (χ4v) is 4.58. The summed E-state index contributed by atoms with van der Waals surface area (Å²) in [5, 5.41) is 4.26. The Bertz CT molecular complexity index is 1250. The zero-order chi connectivity index (χ0) is 22.1. The predicted molar refractivity (Wildman–Crippen MR) is 126 cm³/mol. The molecule has 1 amide bonds. The number of nitrogens with zero attached hydrogens (tertiary/aromatic N) is 2. The van der Waals surface area contributed by atoms with Crippen LogP contribution in [0.2, 0.25) is 5.02 Å². The zero-order valence-electron chi connectivity index (χ0n) is 17.7. The number of hydrogen-bond acceptors (Lipinski definition) is 5. The molecule has 4 rings (SSSR count). The van der Waals surface area contributed by atoms with E-state index in [1.165, 1.54) is 11.3 Å². The van der Waals surface area contributed by atoms with E-state index in [0.717, 1.165) is 22.0 Å². The van der Waals surface area contributed by atoms with E-state index in [-0.39, 0.29) is 11.9 Å². The predicted octanol–water partition coefficient (Wildman–Crippen LogP) is 5.60. The van der Waals surface area contributed by atoms with Gasteiger partial charge in [-0.2, -0.15) is 0 Å². The Balaban J connectivity index is 1.53. The number of hydrazine groups is 1. The molecule has 0 aliphatic carbocycles. The fraction of sp³-hybridized carbons (Fsp3) is 0.217. The summed E-state index contributed by atoms with van der Waals surface area (Å²) in [6.45, 7) is 3.89. The number of benzene rings is 2. The maximum absolute atomic E-state index is 13.0. The van der Waals surface area contributed by atoms with Crippen molar-refractivity contribution in [2.45, 2.75) is 19.9 Å². The number of thiazole rings is 1. The van der Waals surface area contributed by atoms with Gasteiger partial charge in [0.2, 0.25) is 0 Å². The lowest BCUT2D eigenvalue weighted by molar-refractivity contribution is 0.0776. The monoisotopic (exact) mass is 454 g/mol. The molecule has 0 saturated heterocycles. The minimum atomic E-state index is -0.189. The topological polar surface area (TPSA) is 70.2 Å². The highest BCUT2D eigenvalue weighted by Crippen LogP contribution is 2.36. The first kappa shape index (κ1) is 21.4. The number of hydrogen-bond donors (Lipinski definition) is 2. The quantitative estimate of drug-likeness (QED) is 0.372. The SMILES string of the molecule is COc1cc(Cl)ccc1-c1nc(C)c(C(=O)NN(C)C(C)c2ccc3[nH]ccc3c2)s1. The number of carbonyl (C=O) groups is 1. The first-order chi connectivity index (χ1) is 14.9. The van der Waals surface area contributed by atoms with Gasteiger partial charge in [-0.25, -0.2) is 9.99 Å². The van der Waals surface area contributed by atoms with Crippen molar-refractivity contribution in [3.8, 4) is 16.3 Å². The van der Waals surface area contributed by atoms with Crippen LogP contribution in [0.25, 0.3) is 21.5 Å². The number of carbonyl (C=O) groups excluding carboxylic acids is 1. The Hall–Kier alpha value is -2.87. The Morgan fingerprint density at radius 3 is 2.84 bits per heavy atom. The Morgan fingerprint density at radius 1 is 1.26 bits per heavy atom. The molecule has 31 heavy (non-hydrogen) atoms. The summed E-state index contributed by atoms with van der Waals surface area (Å²) in [4.78, 5) is 21.3. The number of fused-ring (bicyclic) bond motifs is 1. The van der Waals surface area contributed by atoms with Crippen molar-refractivity contribution in [2.75, 3.05) is 14.2 Å². The smallest absolute Gasteiger partial charge is 0.277 e. The van der Waals surface area contributed by atoms with Crippen LogP contribution in [0.5, 0.6) is 5.75 Å². The van der Waals surface area contributed by atoms with Crippen LogP contribution >= 0.6 is 22.9 Å². The van der Waals surface area contributed by atoms with Gasteiger partial charge < -0.3 is 9.72 Å². The Labute approximate surface area is 189 Å². The average Bonchev–Trinajstić information content (AvgIpc) is 3.38. The number of halogens is 1. The van der Waals surface area contributed by atoms with Gasteiger partial charge in [-0.15, -0.1) is 11.3 Å². The van der Waals surface area contributed by atoms with E-state index < -0.39 is 0 Å². The van der Waals surface area contributed by atoms with Crippen LogP contribution in [-0.4, -0.2) is 35.0 Å². The maximum atomic E-state index is 13.0. The molecule has 0 bridgehead atoms. The standard InChI is InChI=1S/C23H23ClN4O2S/c1-13-21(31-23(26-13)18-7-6-17(24)12-20(18)30-4)22(29)27-28(3)14(2)15-5-8-19-16(11-15)9-10-25-19/h5-12,14,25H,1-4H3,(H,27,29). The minimum absolute atomic E-state index is 0.00712. The molecule has 4 aromatic rings. The van der Waals surface area contributed by atoms with Gasteiger partial charge in [0, 0.05) is 23.8 Å². The van der Waals surface area contributed by atoms with E-state index in [1.807, 2.05) is 37.3 Å². The van der Waals surface area contributed by atoms with Gasteiger partial charge in [-0.1, -0.05) is 17.7 Å². The zero-order valence-corrected chi connectivity index (χ0v) is 19.3. The van der Waals surface area contributed by atoms with Gasteiger partial charge in [-0.3, -0.25) is 10.2 Å². The maximum Gasteiger partial charge on any atom is 0.277 e. The van der Waals surface area contributed by atoms with Crippen molar-refractivity contribution in [1.29, 1.82) is 0 Å². The van der Waals surface area contributed by atoms with Crippen molar-refractivity contribution in [3.05, 3.63) is 69.8 Å². The van der Waals surface area contributed by atoms with Crippen LogP contribution in [0.3, 0.4) is 0 Å². The molecular formula is C23H23ClN4O2S. The van der Waals surface area contributed by atoms with Gasteiger partial charge in [-0.05, 0) is 61.2 Å². The number of amides is 1. The first-order valence-corrected chi connectivity index (χ1v) is 11.0. The number of aromatic nitrogens is 2. The summed E-state index contributed by atoms with van der Waals surface area (Å²) in [7, 11) is 3.45. The first-order valence-electron chi connectivity index (χ1n) is 9.79. The highest BCUT2D eigenvalue weighted by molar-refractivity contribution is 7.17. The van der Waals surface area contributed by atoms with E-state index in [4.69, 9.17) is 16.3 Å². The largest absolute Gasteiger partial charge is 0.496 e. The molecule has 6 nitrogen and oxygen atoms in total. The summed E-state index contributed by atoms with van der Waals surface area (Å²) in [5.41, 5.74) is 6.67. The van der Waals surface area contributed by atoms with Crippen LogP contribution in [-0.2, 0) is 0 Å². The number of methoxy groups -OCH3 is 1. The molecule has 0 aliphatic rings. The number of aryl methyl sites for hydroxylation is 1. The molecule has 0 radical (unpaired) electrons. The third-order valence-electron chi connectivity index (χ3n) is 5.32. The molecule has 2 heterocycles. The lowest BCUT2D eigenvalue weighted by atomic mass is 10.1. The number of rotatable bonds is 6. The second kappa shape index (κ2) is 8.70. The summed E-state index contributed by atoms with van der Waals surface area (Å²) >= 11 is 7.40. The van der Waals surface area contributed by atoms with E-state index in [2.05, 4.69) is 40.5 Å². The minimum Gasteiger partial charge on any atom is -0.496 e.